The Morgan fingerprint density at radius 3 is 2.75 bits per heavy atom. The molecule has 0 spiro atoms. The highest BCUT2D eigenvalue weighted by Crippen LogP contribution is 2.28. The van der Waals surface area contributed by atoms with Gasteiger partial charge in [-0.15, -0.1) is 0 Å². The molecule has 0 aliphatic heterocycles. The molecule has 0 unspecified atom stereocenters. The zero-order chi connectivity index (χ0) is 14.8. The van der Waals surface area contributed by atoms with Gasteiger partial charge in [0.2, 0.25) is 0 Å². The van der Waals surface area contributed by atoms with Crippen molar-refractivity contribution in [3.63, 3.8) is 0 Å². The van der Waals surface area contributed by atoms with Crippen molar-refractivity contribution in [1.82, 2.24) is 5.32 Å². The monoisotopic (exact) mass is 279 g/mol. The van der Waals surface area contributed by atoms with Crippen LogP contribution in [0.4, 0.5) is 0 Å². The zero-order valence-corrected chi connectivity index (χ0v) is 12.1. The molecule has 1 aromatic carbocycles. The van der Waals surface area contributed by atoms with E-state index in [0.29, 0.717) is 24.7 Å². The fourth-order valence-electron chi connectivity index (χ4n) is 1.59. The normalized spacial score (nSPS) is 10.6. The van der Waals surface area contributed by atoms with Crippen LogP contribution in [0, 0.1) is 0 Å². The lowest BCUT2D eigenvalue weighted by molar-refractivity contribution is -0.123. The van der Waals surface area contributed by atoms with Gasteiger partial charge in [-0.3, -0.25) is 4.79 Å². The third-order valence-corrected chi connectivity index (χ3v) is 2.53. The quantitative estimate of drug-likeness (QED) is 0.738. The Kier molecular flexibility index (Phi) is 7.21. The van der Waals surface area contributed by atoms with Gasteiger partial charge in [-0.2, -0.15) is 0 Å². The summed E-state index contributed by atoms with van der Waals surface area (Å²) in [6, 6.07) is 5.55. The highest BCUT2D eigenvalue weighted by molar-refractivity contribution is 5.77. The molecule has 0 aromatic heterocycles. The van der Waals surface area contributed by atoms with Gasteiger partial charge in [0.25, 0.3) is 5.91 Å². The molecule has 0 radical (unpaired) electrons. The van der Waals surface area contributed by atoms with Crippen molar-refractivity contribution in [2.24, 2.45) is 0 Å². The molecule has 0 aliphatic rings. The number of rotatable bonds is 8. The number of hydrogen-bond acceptors (Lipinski definition) is 4. The van der Waals surface area contributed by atoms with Crippen LogP contribution in [0.5, 0.6) is 11.5 Å². The summed E-state index contributed by atoms with van der Waals surface area (Å²) in [6.45, 7) is 2.84. The van der Waals surface area contributed by atoms with Crippen LogP contribution in [-0.4, -0.2) is 39.9 Å². The Morgan fingerprint density at radius 1 is 1.30 bits per heavy atom. The highest BCUT2D eigenvalue weighted by Gasteiger charge is 2.07. The van der Waals surface area contributed by atoms with E-state index in [1.807, 2.05) is 31.2 Å². The van der Waals surface area contributed by atoms with Gasteiger partial charge >= 0.3 is 0 Å². The molecule has 0 bridgehead atoms. The largest absolute Gasteiger partial charge is 0.493 e. The lowest BCUT2D eigenvalue weighted by Gasteiger charge is -2.11. The van der Waals surface area contributed by atoms with Crippen LogP contribution in [0.1, 0.15) is 12.5 Å². The molecule has 0 aliphatic carbocycles. The predicted octanol–water partition coefficient (Wildman–Crippen LogP) is 1.87. The maximum atomic E-state index is 11.5. The number of benzene rings is 1. The number of carbonyl (C=O) groups is 1. The summed E-state index contributed by atoms with van der Waals surface area (Å²) in [5, 5.41) is 2.68. The molecule has 1 aromatic rings. The van der Waals surface area contributed by atoms with Gasteiger partial charge in [-0.25, -0.2) is 0 Å². The first-order valence-corrected chi connectivity index (χ1v) is 6.40. The van der Waals surface area contributed by atoms with E-state index in [1.54, 1.807) is 20.3 Å². The van der Waals surface area contributed by atoms with Gasteiger partial charge in [0.15, 0.2) is 18.1 Å². The van der Waals surface area contributed by atoms with Crippen molar-refractivity contribution in [1.29, 1.82) is 0 Å². The summed E-state index contributed by atoms with van der Waals surface area (Å²) < 4.78 is 15.5. The molecule has 1 rings (SSSR count). The van der Waals surface area contributed by atoms with Gasteiger partial charge in [0, 0.05) is 13.7 Å². The van der Waals surface area contributed by atoms with Crippen molar-refractivity contribution in [2.75, 3.05) is 34.0 Å². The lowest BCUT2D eigenvalue weighted by Crippen LogP contribution is -2.31. The van der Waals surface area contributed by atoms with Crippen LogP contribution in [0.15, 0.2) is 24.3 Å². The first-order valence-electron chi connectivity index (χ1n) is 6.40. The molecule has 0 atom stereocenters. The van der Waals surface area contributed by atoms with Crippen LogP contribution in [-0.2, 0) is 9.53 Å². The fraction of sp³-hybridized carbons (Fsp3) is 0.400. The van der Waals surface area contributed by atoms with E-state index in [1.165, 1.54) is 0 Å². The summed E-state index contributed by atoms with van der Waals surface area (Å²) in [5.74, 6) is 0.953. The Balaban J connectivity index is 2.56. The number of allylic oxidation sites excluding steroid dienone is 1. The SMILES string of the molecule is CC=Cc1ccc(OCC(=O)NCCOC)c(OC)c1. The van der Waals surface area contributed by atoms with Gasteiger partial charge in [0.1, 0.15) is 0 Å². The van der Waals surface area contributed by atoms with Gasteiger partial charge in [-0.05, 0) is 24.6 Å². The molecule has 1 N–H and O–H groups in total. The second-order valence-corrected chi connectivity index (χ2v) is 4.04. The second-order valence-electron chi connectivity index (χ2n) is 4.04. The van der Waals surface area contributed by atoms with E-state index < -0.39 is 0 Å². The average Bonchev–Trinajstić information content (AvgIpc) is 2.46. The maximum Gasteiger partial charge on any atom is 0.258 e. The van der Waals surface area contributed by atoms with Crippen molar-refractivity contribution < 1.29 is 19.0 Å². The molecule has 5 nitrogen and oxygen atoms in total. The Bertz CT molecular complexity index is 457. The van der Waals surface area contributed by atoms with E-state index in [2.05, 4.69) is 5.32 Å². The Morgan fingerprint density at radius 2 is 2.10 bits per heavy atom. The molecule has 20 heavy (non-hydrogen) atoms. The van der Waals surface area contributed by atoms with Crippen molar-refractivity contribution in [3.8, 4) is 11.5 Å². The topological polar surface area (TPSA) is 56.8 Å². The van der Waals surface area contributed by atoms with Crippen LogP contribution in [0.25, 0.3) is 6.08 Å². The van der Waals surface area contributed by atoms with Crippen molar-refractivity contribution in [3.05, 3.63) is 29.8 Å². The summed E-state index contributed by atoms with van der Waals surface area (Å²) in [6.07, 6.45) is 3.91. The summed E-state index contributed by atoms with van der Waals surface area (Å²) in [7, 11) is 3.15. The minimum absolute atomic E-state index is 0.0525. The Hall–Kier alpha value is -2.01. The van der Waals surface area contributed by atoms with E-state index >= 15 is 0 Å². The minimum atomic E-state index is -0.193. The summed E-state index contributed by atoms with van der Waals surface area (Å²) in [4.78, 5) is 11.5. The molecule has 5 heteroatoms. The Labute approximate surface area is 119 Å². The lowest BCUT2D eigenvalue weighted by atomic mass is 10.2. The number of methoxy groups -OCH3 is 2. The van der Waals surface area contributed by atoms with Crippen molar-refractivity contribution >= 4 is 12.0 Å². The van der Waals surface area contributed by atoms with E-state index in [0.717, 1.165) is 5.56 Å². The first-order chi connectivity index (χ1) is 9.71. The van der Waals surface area contributed by atoms with Crippen LogP contribution >= 0.6 is 0 Å². The molecular formula is C15H21NO4. The molecule has 110 valence electrons. The van der Waals surface area contributed by atoms with Crippen LogP contribution < -0.4 is 14.8 Å². The third-order valence-electron chi connectivity index (χ3n) is 2.53. The number of nitrogens with one attached hydrogen (secondary N) is 1. The average molecular weight is 279 g/mol. The van der Waals surface area contributed by atoms with Gasteiger partial charge < -0.3 is 19.5 Å². The maximum absolute atomic E-state index is 11.5. The molecule has 0 fully saturated rings. The zero-order valence-electron chi connectivity index (χ0n) is 12.1. The number of amides is 1. The number of ether oxygens (including phenoxy) is 3. The van der Waals surface area contributed by atoms with Gasteiger partial charge in [-0.1, -0.05) is 18.2 Å². The van der Waals surface area contributed by atoms with E-state index in [-0.39, 0.29) is 12.5 Å². The molecular weight excluding hydrogens is 258 g/mol. The first kappa shape index (κ1) is 16.0. The second kappa shape index (κ2) is 8.98. The van der Waals surface area contributed by atoms with E-state index in [4.69, 9.17) is 14.2 Å². The minimum Gasteiger partial charge on any atom is -0.493 e. The van der Waals surface area contributed by atoms with Crippen LogP contribution in [0.2, 0.25) is 0 Å². The summed E-state index contributed by atoms with van der Waals surface area (Å²) >= 11 is 0. The van der Waals surface area contributed by atoms with Crippen LogP contribution in [0.3, 0.4) is 0 Å². The molecule has 1 amide bonds. The third kappa shape index (κ3) is 5.32. The summed E-state index contributed by atoms with van der Waals surface area (Å²) in [5.41, 5.74) is 1.02. The molecule has 0 heterocycles. The molecule has 0 saturated heterocycles. The standard InChI is InChI=1S/C15H21NO4/c1-4-5-12-6-7-13(14(10-12)19-3)20-11-15(17)16-8-9-18-2/h4-7,10H,8-9,11H2,1-3H3,(H,16,17). The number of hydrogen-bond donors (Lipinski definition) is 1. The molecule has 0 saturated carbocycles. The fourth-order valence-corrected chi connectivity index (χ4v) is 1.59. The van der Waals surface area contributed by atoms with Crippen molar-refractivity contribution in [2.45, 2.75) is 6.92 Å². The smallest absolute Gasteiger partial charge is 0.258 e. The highest BCUT2D eigenvalue weighted by atomic mass is 16.5. The van der Waals surface area contributed by atoms with E-state index in [9.17, 15) is 4.79 Å². The predicted molar refractivity (Wildman–Crippen MR) is 78.1 cm³/mol. The number of carbonyl (C=O) groups excluding carboxylic acids is 1. The van der Waals surface area contributed by atoms with Gasteiger partial charge in [0.05, 0.1) is 13.7 Å².